The average Bonchev–Trinajstić information content (AvgIpc) is 2.25. The van der Waals surface area contributed by atoms with E-state index in [2.05, 4.69) is 31.2 Å². The van der Waals surface area contributed by atoms with Crippen molar-refractivity contribution in [1.29, 1.82) is 0 Å². The van der Waals surface area contributed by atoms with Gasteiger partial charge in [0, 0.05) is 12.4 Å². The van der Waals surface area contributed by atoms with Gasteiger partial charge in [0.25, 0.3) is 0 Å². The highest BCUT2D eigenvalue weighted by Crippen LogP contribution is 2.06. The second-order valence-corrected chi connectivity index (χ2v) is 4.98. The van der Waals surface area contributed by atoms with Gasteiger partial charge in [0.15, 0.2) is 0 Å². The van der Waals surface area contributed by atoms with Gasteiger partial charge in [-0.1, -0.05) is 24.1 Å². The summed E-state index contributed by atoms with van der Waals surface area (Å²) >= 11 is 1.28. The number of rotatable bonds is 8. The van der Waals surface area contributed by atoms with Crippen LogP contribution in [0.5, 0.6) is 0 Å². The molecule has 0 saturated carbocycles. The molecule has 0 N–H and O–H groups in total. The molecule has 0 aromatic rings. The summed E-state index contributed by atoms with van der Waals surface area (Å²) in [6.45, 7) is 6.45. The summed E-state index contributed by atoms with van der Waals surface area (Å²) in [7, 11) is 1.62. The van der Waals surface area contributed by atoms with E-state index in [4.69, 9.17) is 0 Å². The van der Waals surface area contributed by atoms with Gasteiger partial charge in [-0.3, -0.25) is 4.89 Å². The maximum absolute atomic E-state index is 10.5. The molecule has 0 fully saturated rings. The van der Waals surface area contributed by atoms with Crippen molar-refractivity contribution in [2.75, 3.05) is 19.0 Å². The van der Waals surface area contributed by atoms with Crippen LogP contribution in [-0.2, 0) is 16.4 Å². The fraction of sp³-hybridized carbons (Fsp3) is 1.00. The minimum atomic E-state index is -2.69. The van der Waals surface area contributed by atoms with Gasteiger partial charge >= 0.3 is 14.8 Å². The van der Waals surface area contributed by atoms with Crippen LogP contribution >= 0.6 is 22.5 Å². The molecule has 0 aromatic carbocycles. The number of hydrogen-bond acceptors (Lipinski definition) is 6. The topological polar surface area (TPSA) is 44.8 Å². The Morgan fingerprint density at radius 2 is 1.93 bits per heavy atom. The lowest BCUT2D eigenvalue weighted by Gasteiger charge is -2.13. The molecule has 0 heterocycles. The Hall–Kier alpha value is 0.592. The molecule has 0 bridgehead atoms. The van der Waals surface area contributed by atoms with E-state index in [-0.39, 0.29) is 0 Å². The van der Waals surface area contributed by atoms with Crippen molar-refractivity contribution in [1.82, 2.24) is 0 Å². The Labute approximate surface area is 106 Å². The third-order valence-electron chi connectivity index (χ3n) is 1.16. The first-order valence-corrected chi connectivity index (χ1v) is 8.50. The van der Waals surface area contributed by atoms with Gasteiger partial charge in [-0.2, -0.15) is 0 Å². The first-order chi connectivity index (χ1) is 7.22. The highest BCUT2D eigenvalue weighted by atomic mass is 33.1. The monoisotopic (exact) mass is 271 g/mol. The van der Waals surface area contributed by atoms with Gasteiger partial charge in [0.05, 0.1) is 6.61 Å². The molecule has 0 unspecified atom stereocenters. The molecule has 0 amide bonds. The van der Waals surface area contributed by atoms with Crippen molar-refractivity contribution in [3.05, 3.63) is 0 Å². The summed E-state index contributed by atoms with van der Waals surface area (Å²) in [6.07, 6.45) is 2.59. The molecule has 15 heavy (non-hydrogen) atoms. The molecule has 0 spiro atoms. The molecular weight excluding hydrogens is 251 g/mol. The van der Waals surface area contributed by atoms with Crippen LogP contribution in [0.2, 0.25) is 0 Å². The number of unbranched alkanes of at least 4 members (excludes halogenated alkanes) is 1. The molecule has 7 heteroatoms. The summed E-state index contributed by atoms with van der Waals surface area (Å²) in [4.78, 5) is 4.37. The van der Waals surface area contributed by atoms with Crippen LogP contribution in [-0.4, -0.2) is 33.7 Å². The summed E-state index contributed by atoms with van der Waals surface area (Å²) < 4.78 is 19.3. The van der Waals surface area contributed by atoms with E-state index in [9.17, 15) is 3.80 Å². The van der Waals surface area contributed by atoms with Gasteiger partial charge in [0.2, 0.25) is 0 Å². The minimum absolute atomic E-state index is 0.388. The summed E-state index contributed by atoms with van der Waals surface area (Å²) in [5.41, 5.74) is 0. The molecule has 0 aromatic heterocycles. The van der Waals surface area contributed by atoms with Crippen LogP contribution in [0.15, 0.2) is 0 Å². The van der Waals surface area contributed by atoms with E-state index in [1.807, 2.05) is 0 Å². The Balaban J connectivity index is 0. The van der Waals surface area contributed by atoms with Crippen molar-refractivity contribution in [3.63, 3.8) is 0 Å². The van der Waals surface area contributed by atoms with Gasteiger partial charge in [0.1, 0.15) is 0 Å². The van der Waals surface area contributed by atoms with E-state index in [0.717, 1.165) is 0 Å². The maximum atomic E-state index is 10.5. The number of thiol groups is 1. The predicted molar refractivity (Wildman–Crippen MR) is 67.1 cm³/mol. The zero-order valence-electron chi connectivity index (χ0n) is 9.60. The molecule has 0 aliphatic heterocycles. The van der Waals surface area contributed by atoms with Gasteiger partial charge in [-0.05, 0) is 20.3 Å². The molecular formula is C8H20AlO4S2-. The summed E-state index contributed by atoms with van der Waals surface area (Å²) in [5, 5.41) is 0. The number of hydrogen-bond donors (Lipinski definition) is 1. The second-order valence-electron chi connectivity index (χ2n) is 2.43. The third-order valence-corrected chi connectivity index (χ3v) is 3.07. The average molecular weight is 271 g/mol. The van der Waals surface area contributed by atoms with Crippen molar-refractivity contribution < 1.29 is 16.4 Å². The molecule has 0 rings (SSSR count). The van der Waals surface area contributed by atoms with Crippen molar-refractivity contribution in [2.45, 2.75) is 33.6 Å². The van der Waals surface area contributed by atoms with E-state index < -0.39 is 14.8 Å². The van der Waals surface area contributed by atoms with E-state index >= 15 is 0 Å². The predicted octanol–water partition coefficient (Wildman–Crippen LogP) is 2.77. The van der Waals surface area contributed by atoms with Gasteiger partial charge < -0.3 is 11.5 Å². The Bertz CT molecular complexity index is 134. The van der Waals surface area contributed by atoms with Crippen LogP contribution in [0.25, 0.3) is 0 Å². The highest BCUT2D eigenvalue weighted by Gasteiger charge is 2.01. The molecule has 0 aliphatic carbocycles. The minimum Gasteiger partial charge on any atom is -0.769 e. The Kier molecular flexibility index (Phi) is 20.4. The van der Waals surface area contributed by atoms with E-state index in [0.29, 0.717) is 13.2 Å². The molecule has 0 aliphatic rings. The maximum Gasteiger partial charge on any atom is 0.840 e. The van der Waals surface area contributed by atoms with Crippen LogP contribution < -0.4 is 0 Å². The van der Waals surface area contributed by atoms with E-state index in [1.54, 1.807) is 24.6 Å². The van der Waals surface area contributed by atoms with E-state index in [1.165, 1.54) is 18.6 Å². The highest BCUT2D eigenvalue weighted by molar-refractivity contribution is 8.68. The lowest BCUT2D eigenvalue weighted by molar-refractivity contribution is -0.224. The van der Waals surface area contributed by atoms with Crippen molar-refractivity contribution >= 4 is 37.2 Å². The van der Waals surface area contributed by atoms with Crippen molar-refractivity contribution in [2.24, 2.45) is 0 Å². The first kappa shape index (κ1) is 18.0. The Morgan fingerprint density at radius 1 is 1.27 bits per heavy atom. The third kappa shape index (κ3) is 20.6. The van der Waals surface area contributed by atoms with Crippen LogP contribution in [0.4, 0.5) is 0 Å². The smallest absolute Gasteiger partial charge is 0.769 e. The lowest BCUT2D eigenvalue weighted by atomic mass is 10.4. The molecule has 92 valence electrons. The quantitative estimate of drug-likeness (QED) is 0.184. The van der Waals surface area contributed by atoms with Crippen molar-refractivity contribution in [3.8, 4) is 0 Å². The zero-order valence-corrected chi connectivity index (χ0v) is 12.5. The van der Waals surface area contributed by atoms with Crippen LogP contribution in [0, 0.1) is 0 Å². The Morgan fingerprint density at radius 3 is 2.27 bits per heavy atom. The normalized spacial score (nSPS) is 8.80. The molecule has 0 saturated heterocycles. The lowest BCUT2D eigenvalue weighted by Crippen LogP contribution is -2.12. The summed E-state index contributed by atoms with van der Waals surface area (Å²) in [5.74, 6) is 1.19. The van der Waals surface area contributed by atoms with Crippen LogP contribution in [0.3, 0.4) is 0 Å². The van der Waals surface area contributed by atoms with Gasteiger partial charge in [-0.15, -0.1) is 11.7 Å². The zero-order chi connectivity index (χ0) is 11.9. The SMILES string of the molecule is CCCCSS.CCO[O][Al-](=[O])[O]CC. The molecule has 4 nitrogen and oxygen atoms in total. The molecule has 0 radical (unpaired) electrons. The fourth-order valence-corrected chi connectivity index (χ4v) is 1.88. The second kappa shape index (κ2) is 17.0. The van der Waals surface area contributed by atoms with Crippen LogP contribution in [0.1, 0.15) is 33.6 Å². The fourth-order valence-electron chi connectivity index (χ4n) is 0.496. The first-order valence-electron chi connectivity index (χ1n) is 5.04. The largest absolute Gasteiger partial charge is 0.840 e. The standard InChI is InChI=1S/C4H10S2.C2H6O2.C2H5O.Al.O/c1-2-3-4-6-5;1-2-4-3;1-2-3;;/h5H,2-4H2,1H3;3H,2H2,1H3;2H2,1H3;;/q;;-1;+1;/p-1. The molecule has 0 atom stereocenters. The summed E-state index contributed by atoms with van der Waals surface area (Å²) in [6, 6.07) is 0. The van der Waals surface area contributed by atoms with Gasteiger partial charge in [-0.25, -0.2) is 0 Å².